The number of hydrogen-bond donors (Lipinski definition) is 3. The Morgan fingerprint density at radius 1 is 1.36 bits per heavy atom. The van der Waals surface area contributed by atoms with Crippen molar-refractivity contribution in [3.8, 4) is 0 Å². The molecule has 3 heterocycles. The van der Waals surface area contributed by atoms with E-state index in [0.717, 1.165) is 12.8 Å². The summed E-state index contributed by atoms with van der Waals surface area (Å²) in [5.41, 5.74) is -0.642. The molecule has 2 saturated heterocycles. The average molecular weight is 522 g/mol. The van der Waals surface area contributed by atoms with Gasteiger partial charge >= 0.3 is 0 Å². The molecule has 6 atom stereocenters. The molecular weight excluding hydrogens is 485 g/mol. The number of nitrogens with zero attached hydrogens (tertiary/aromatic N) is 2. The minimum Gasteiger partial charge on any atom is -0.394 e. The molecule has 3 aliphatic heterocycles. The van der Waals surface area contributed by atoms with Crippen molar-refractivity contribution in [3.05, 3.63) is 23.8 Å². The number of nitrogens with one attached hydrogen (secondary N) is 1. The van der Waals surface area contributed by atoms with Crippen LogP contribution in [0.2, 0.25) is 18.6 Å². The summed E-state index contributed by atoms with van der Waals surface area (Å²) in [6, 6.07) is 4.72. The summed E-state index contributed by atoms with van der Waals surface area (Å²) >= 11 is 0. The Hall–Kier alpha value is -2.34. The second-order valence-electron chi connectivity index (χ2n) is 10.8. The predicted octanol–water partition coefficient (Wildman–Crippen LogP) is 2.13. The molecule has 1 aromatic rings. The first-order valence-electron chi connectivity index (χ1n) is 12.5. The number of ether oxygens (including phenoxy) is 1. The van der Waals surface area contributed by atoms with E-state index >= 15 is 4.11 Å². The fourth-order valence-corrected chi connectivity index (χ4v) is 8.81. The van der Waals surface area contributed by atoms with E-state index in [0.29, 0.717) is 23.5 Å². The van der Waals surface area contributed by atoms with Gasteiger partial charge in [0, 0.05) is 36.3 Å². The van der Waals surface area contributed by atoms with Crippen LogP contribution >= 0.6 is 0 Å². The van der Waals surface area contributed by atoms with Gasteiger partial charge in [-0.05, 0) is 51.1 Å². The highest BCUT2D eigenvalue weighted by atomic mass is 28.4. The van der Waals surface area contributed by atoms with Crippen LogP contribution in [0.4, 0.5) is 15.5 Å². The molecule has 11 heteroatoms. The quantitative estimate of drug-likeness (QED) is 0.390. The van der Waals surface area contributed by atoms with Crippen molar-refractivity contribution >= 4 is 37.5 Å². The van der Waals surface area contributed by atoms with E-state index in [-0.39, 0.29) is 30.9 Å². The predicted molar refractivity (Wildman–Crippen MR) is 135 cm³/mol. The number of likely N-dealkylation sites (tertiary alicyclic amines) is 1. The summed E-state index contributed by atoms with van der Waals surface area (Å²) in [5, 5.41) is 21.9. The molecule has 1 aromatic carbocycles. The highest BCUT2D eigenvalue weighted by Crippen LogP contribution is 2.60. The molecule has 3 N–H and O–H groups in total. The molecule has 0 bridgehead atoms. The zero-order valence-corrected chi connectivity index (χ0v) is 22.5. The van der Waals surface area contributed by atoms with Gasteiger partial charge in [0.15, 0.2) is 5.60 Å². The molecule has 3 aliphatic rings. The van der Waals surface area contributed by atoms with E-state index in [1.54, 1.807) is 50.2 Å². The summed E-state index contributed by atoms with van der Waals surface area (Å²) in [5.74, 6) is -1.70. The Kier molecular flexibility index (Phi) is 7.06. The molecule has 36 heavy (non-hydrogen) atoms. The standard InChI is InChI=1S/C25H36FN3O6Si/c1-14-22(36(4,5)26)20(12-21(32)29-10-6-7-17(29)13-30)35-25(14)18-11-16(27-23(33)15(2)31)8-9-19(18)28(3)24(25)34/h8-9,11,14-15,17,20,22,30-31H,6-7,10,12-13H2,1-5H3,(H,27,33)/t14-,15+,17+,20+,22-,25+/m1/s1. The monoisotopic (exact) mass is 521 g/mol. The van der Waals surface area contributed by atoms with Crippen LogP contribution in [0.15, 0.2) is 18.2 Å². The highest BCUT2D eigenvalue weighted by molar-refractivity contribution is 6.72. The molecule has 4 rings (SSSR count). The van der Waals surface area contributed by atoms with Crippen LogP contribution in [-0.4, -0.2) is 79.7 Å². The minimum atomic E-state index is -3.42. The van der Waals surface area contributed by atoms with E-state index in [4.69, 9.17) is 4.74 Å². The van der Waals surface area contributed by atoms with Crippen LogP contribution in [0, 0.1) is 5.92 Å². The molecule has 0 saturated carbocycles. The van der Waals surface area contributed by atoms with Crippen molar-refractivity contribution in [2.24, 2.45) is 5.92 Å². The van der Waals surface area contributed by atoms with Gasteiger partial charge in [-0.2, -0.15) is 0 Å². The van der Waals surface area contributed by atoms with E-state index in [1.807, 2.05) is 0 Å². The first-order chi connectivity index (χ1) is 16.8. The van der Waals surface area contributed by atoms with Crippen molar-refractivity contribution < 1.29 is 33.4 Å². The Bertz CT molecular complexity index is 1060. The van der Waals surface area contributed by atoms with Crippen molar-refractivity contribution in [1.82, 2.24) is 4.90 Å². The van der Waals surface area contributed by atoms with E-state index in [9.17, 15) is 24.6 Å². The molecule has 0 unspecified atom stereocenters. The molecule has 1 spiro atoms. The zero-order chi connectivity index (χ0) is 26.6. The number of benzene rings is 1. The van der Waals surface area contributed by atoms with Gasteiger partial charge in [-0.15, -0.1) is 0 Å². The lowest BCUT2D eigenvalue weighted by molar-refractivity contribution is -0.149. The van der Waals surface area contributed by atoms with Crippen molar-refractivity contribution in [3.63, 3.8) is 0 Å². The van der Waals surface area contributed by atoms with Crippen LogP contribution in [-0.2, 0) is 24.7 Å². The fourth-order valence-electron chi connectivity index (χ4n) is 6.32. The lowest BCUT2D eigenvalue weighted by Gasteiger charge is -2.31. The number of fused-ring (bicyclic) bond motifs is 2. The summed E-state index contributed by atoms with van der Waals surface area (Å²) in [4.78, 5) is 42.2. The maximum absolute atomic E-state index is 15.8. The van der Waals surface area contributed by atoms with Crippen LogP contribution in [0.3, 0.4) is 0 Å². The second-order valence-corrected chi connectivity index (χ2v) is 14.6. The molecule has 0 aliphatic carbocycles. The van der Waals surface area contributed by atoms with Crippen molar-refractivity contribution in [1.29, 1.82) is 0 Å². The molecule has 9 nitrogen and oxygen atoms in total. The first kappa shape index (κ1) is 26.7. The number of carbonyl (C=O) groups is 3. The Labute approximate surface area is 211 Å². The normalized spacial score (nSPS) is 30.7. The van der Waals surface area contributed by atoms with E-state index in [2.05, 4.69) is 5.32 Å². The Balaban J connectivity index is 1.73. The number of amides is 3. The zero-order valence-electron chi connectivity index (χ0n) is 21.5. The second kappa shape index (κ2) is 9.51. The van der Waals surface area contributed by atoms with E-state index in [1.165, 1.54) is 11.8 Å². The summed E-state index contributed by atoms with van der Waals surface area (Å²) in [6.07, 6.45) is -0.577. The molecule has 3 amide bonds. The van der Waals surface area contributed by atoms with Crippen LogP contribution < -0.4 is 10.2 Å². The lowest BCUT2D eigenvalue weighted by atomic mass is 9.82. The van der Waals surface area contributed by atoms with Crippen LogP contribution in [0.25, 0.3) is 0 Å². The third-order valence-electron chi connectivity index (χ3n) is 8.02. The highest BCUT2D eigenvalue weighted by Gasteiger charge is 2.66. The number of aliphatic hydroxyl groups is 2. The topological polar surface area (TPSA) is 119 Å². The number of hydrogen-bond acceptors (Lipinski definition) is 6. The Morgan fingerprint density at radius 2 is 2.06 bits per heavy atom. The SMILES string of the molecule is C[C@H](O)C(=O)Nc1ccc2c(c1)[C@]1(O[C@@H](CC(=O)N3CCC[C@H]3CO)[C@H]([Si](C)(C)F)[C@H]1C)C(=O)N2C. The number of anilines is 2. The fraction of sp³-hybridized carbons (Fsp3) is 0.640. The van der Waals surface area contributed by atoms with Gasteiger partial charge in [0.05, 0.1) is 30.9 Å². The van der Waals surface area contributed by atoms with Crippen molar-refractivity contribution in [2.75, 3.05) is 30.4 Å². The third-order valence-corrected chi connectivity index (χ3v) is 10.5. The molecule has 0 aromatic heterocycles. The molecule has 198 valence electrons. The minimum absolute atomic E-state index is 0.0710. The van der Waals surface area contributed by atoms with Crippen LogP contribution in [0.1, 0.15) is 38.7 Å². The van der Waals surface area contributed by atoms with Gasteiger partial charge in [0.2, 0.25) is 14.3 Å². The largest absolute Gasteiger partial charge is 0.394 e. The van der Waals surface area contributed by atoms with E-state index < -0.39 is 43.6 Å². The number of halogens is 1. The van der Waals surface area contributed by atoms with Crippen LogP contribution in [0.5, 0.6) is 0 Å². The van der Waals surface area contributed by atoms with Gasteiger partial charge < -0.3 is 34.2 Å². The smallest absolute Gasteiger partial charge is 0.264 e. The third kappa shape index (κ3) is 4.25. The summed E-state index contributed by atoms with van der Waals surface area (Å²) in [7, 11) is -1.80. The maximum atomic E-state index is 15.8. The lowest BCUT2D eigenvalue weighted by Crippen LogP contribution is -2.44. The van der Waals surface area contributed by atoms with Gasteiger partial charge in [-0.1, -0.05) is 6.92 Å². The first-order valence-corrected chi connectivity index (χ1v) is 15.5. The van der Waals surface area contributed by atoms with Gasteiger partial charge in [0.1, 0.15) is 6.10 Å². The van der Waals surface area contributed by atoms with Gasteiger partial charge in [-0.3, -0.25) is 14.4 Å². The summed E-state index contributed by atoms with van der Waals surface area (Å²) in [6.45, 7) is 6.72. The molecule has 0 radical (unpaired) electrons. The average Bonchev–Trinajstić information content (AvgIpc) is 3.45. The number of likely N-dealkylation sites (N-methyl/N-ethyl adjacent to an activating group) is 1. The van der Waals surface area contributed by atoms with Gasteiger partial charge in [-0.25, -0.2) is 0 Å². The Morgan fingerprint density at radius 3 is 2.67 bits per heavy atom. The maximum Gasteiger partial charge on any atom is 0.264 e. The molecule has 2 fully saturated rings. The van der Waals surface area contributed by atoms with Gasteiger partial charge in [0.25, 0.3) is 11.8 Å². The number of carbonyl (C=O) groups excluding carboxylic acids is 3. The summed E-state index contributed by atoms with van der Waals surface area (Å²) < 4.78 is 22.3. The molecular formula is C25H36FN3O6Si. The number of aliphatic hydroxyl groups excluding tert-OH is 2. The number of rotatable bonds is 6. The van der Waals surface area contributed by atoms with Crippen molar-refractivity contribution in [2.45, 2.75) is 75.6 Å².